The van der Waals surface area contributed by atoms with Gasteiger partial charge in [0.25, 0.3) is 5.91 Å². The maximum Gasteiger partial charge on any atom is 0.353 e. The molecule has 0 aliphatic carbocycles. The minimum atomic E-state index is -1.20. The number of benzene rings is 1. The second-order valence-corrected chi connectivity index (χ2v) is 4.39. The number of amides is 1. The first-order chi connectivity index (χ1) is 9.51. The summed E-state index contributed by atoms with van der Waals surface area (Å²) >= 11 is 5.87. The molecule has 0 bridgehead atoms. The zero-order valence-corrected chi connectivity index (χ0v) is 11.2. The molecule has 1 aromatic carbocycles. The number of methoxy groups -OCH3 is 1. The van der Waals surface area contributed by atoms with Crippen molar-refractivity contribution >= 4 is 34.9 Å². The molecule has 2 rings (SSSR count). The Balaban J connectivity index is 2.01. The third-order valence-electron chi connectivity index (χ3n) is 2.63. The van der Waals surface area contributed by atoms with Crippen molar-refractivity contribution in [1.29, 1.82) is 0 Å². The van der Waals surface area contributed by atoms with Crippen molar-refractivity contribution in [3.63, 3.8) is 0 Å². The van der Waals surface area contributed by atoms with Crippen LogP contribution in [0.3, 0.4) is 0 Å². The first-order valence-corrected chi connectivity index (χ1v) is 5.99. The van der Waals surface area contributed by atoms with E-state index in [2.05, 4.69) is 10.5 Å². The van der Waals surface area contributed by atoms with Gasteiger partial charge in [-0.2, -0.15) is 0 Å². The average Bonchev–Trinajstić information content (AvgIpc) is 2.91. The van der Waals surface area contributed by atoms with Crippen molar-refractivity contribution in [3.8, 4) is 5.75 Å². The highest BCUT2D eigenvalue weighted by Gasteiger charge is 2.31. The van der Waals surface area contributed by atoms with Crippen molar-refractivity contribution < 1.29 is 24.3 Å². The van der Waals surface area contributed by atoms with Crippen molar-refractivity contribution in [2.75, 3.05) is 12.4 Å². The van der Waals surface area contributed by atoms with E-state index in [9.17, 15) is 9.59 Å². The molecular weight excluding hydrogens is 288 g/mol. The Morgan fingerprint density at radius 1 is 1.55 bits per heavy atom. The predicted molar refractivity (Wildman–Crippen MR) is 71.2 cm³/mol. The smallest absolute Gasteiger partial charge is 0.353 e. The number of hydrogen-bond acceptors (Lipinski definition) is 5. The molecule has 1 amide bonds. The Morgan fingerprint density at radius 2 is 2.30 bits per heavy atom. The van der Waals surface area contributed by atoms with Crippen LogP contribution in [0.2, 0.25) is 5.02 Å². The van der Waals surface area contributed by atoms with Crippen molar-refractivity contribution in [3.05, 3.63) is 23.2 Å². The van der Waals surface area contributed by atoms with Gasteiger partial charge in [-0.05, 0) is 12.1 Å². The minimum absolute atomic E-state index is 0.0775. The second-order valence-electron chi connectivity index (χ2n) is 3.98. The third kappa shape index (κ3) is 3.00. The molecule has 0 aromatic heterocycles. The highest BCUT2D eigenvalue weighted by atomic mass is 35.5. The lowest BCUT2D eigenvalue weighted by atomic mass is 10.1. The molecule has 1 aliphatic rings. The van der Waals surface area contributed by atoms with Crippen molar-refractivity contribution in [2.24, 2.45) is 5.16 Å². The van der Waals surface area contributed by atoms with E-state index in [1.54, 1.807) is 18.2 Å². The van der Waals surface area contributed by atoms with Gasteiger partial charge in [-0.15, -0.1) is 0 Å². The van der Waals surface area contributed by atoms with Gasteiger partial charge in [-0.1, -0.05) is 16.8 Å². The van der Waals surface area contributed by atoms with Gasteiger partial charge in [-0.25, -0.2) is 4.79 Å². The van der Waals surface area contributed by atoms with E-state index >= 15 is 0 Å². The van der Waals surface area contributed by atoms with Crippen LogP contribution in [0.25, 0.3) is 0 Å². The summed E-state index contributed by atoms with van der Waals surface area (Å²) in [4.78, 5) is 27.3. The number of aliphatic carboxylic acids is 1. The van der Waals surface area contributed by atoms with Crippen LogP contribution < -0.4 is 10.1 Å². The summed E-state index contributed by atoms with van der Waals surface area (Å²) in [6.45, 7) is 0. The Labute approximate surface area is 119 Å². The predicted octanol–water partition coefficient (Wildman–Crippen LogP) is 1.52. The standard InChI is InChI=1S/C12H11ClN2O5/c1-19-9-4-6(2-3-7(9)13)14-11(16)10-5-8(12(17)18)15-20-10/h2-4,10H,5H2,1H3,(H,14,16)(H,17,18). The zero-order chi connectivity index (χ0) is 14.7. The molecule has 1 atom stereocenters. The van der Waals surface area contributed by atoms with E-state index in [1.165, 1.54) is 7.11 Å². The summed E-state index contributed by atoms with van der Waals surface area (Å²) in [7, 11) is 1.46. The molecule has 1 heterocycles. The lowest BCUT2D eigenvalue weighted by molar-refractivity contribution is -0.129. The zero-order valence-electron chi connectivity index (χ0n) is 10.4. The summed E-state index contributed by atoms with van der Waals surface area (Å²) in [5, 5.41) is 15.1. The molecule has 2 N–H and O–H groups in total. The number of halogens is 1. The van der Waals surface area contributed by atoms with Crippen LogP contribution in [-0.2, 0) is 14.4 Å². The SMILES string of the molecule is COc1cc(NC(=O)C2CC(C(=O)O)=NO2)ccc1Cl. The van der Waals surface area contributed by atoms with E-state index in [0.717, 1.165) is 0 Å². The van der Waals surface area contributed by atoms with Gasteiger partial charge in [-0.3, -0.25) is 4.79 Å². The van der Waals surface area contributed by atoms with Gasteiger partial charge in [0.15, 0.2) is 5.71 Å². The average molecular weight is 299 g/mol. The fraction of sp³-hybridized carbons (Fsp3) is 0.250. The molecule has 1 aliphatic heterocycles. The summed E-state index contributed by atoms with van der Waals surface area (Å²) in [5.74, 6) is -1.28. The first-order valence-electron chi connectivity index (χ1n) is 5.61. The third-order valence-corrected chi connectivity index (χ3v) is 2.94. The van der Waals surface area contributed by atoms with Crippen LogP contribution in [0.1, 0.15) is 6.42 Å². The topological polar surface area (TPSA) is 97.2 Å². The fourth-order valence-electron chi connectivity index (χ4n) is 1.60. The molecule has 7 nitrogen and oxygen atoms in total. The summed E-state index contributed by atoms with van der Waals surface area (Å²) in [6, 6.07) is 4.72. The number of carboxylic acid groups (broad SMARTS) is 1. The van der Waals surface area contributed by atoms with Crippen molar-refractivity contribution in [1.82, 2.24) is 0 Å². The number of anilines is 1. The molecule has 0 spiro atoms. The lowest BCUT2D eigenvalue weighted by Gasteiger charge is -2.11. The summed E-state index contributed by atoms with van der Waals surface area (Å²) in [5.41, 5.74) is 0.280. The van der Waals surface area contributed by atoms with Crippen LogP contribution in [-0.4, -0.2) is 35.9 Å². The molecule has 0 fully saturated rings. The highest BCUT2D eigenvalue weighted by molar-refractivity contribution is 6.36. The minimum Gasteiger partial charge on any atom is -0.495 e. The van der Waals surface area contributed by atoms with Crippen LogP contribution in [0.4, 0.5) is 5.69 Å². The molecule has 8 heteroatoms. The number of carboxylic acids is 1. The number of nitrogens with one attached hydrogen (secondary N) is 1. The maximum absolute atomic E-state index is 11.9. The first kappa shape index (κ1) is 14.1. The Bertz CT molecular complexity index is 587. The van der Waals surface area contributed by atoms with Gasteiger partial charge in [0.05, 0.1) is 12.1 Å². The molecule has 20 heavy (non-hydrogen) atoms. The molecule has 0 radical (unpaired) electrons. The van der Waals surface area contributed by atoms with E-state index in [-0.39, 0.29) is 12.1 Å². The number of ether oxygens (including phenoxy) is 1. The molecule has 1 aromatic rings. The Hall–Kier alpha value is -2.28. The van der Waals surface area contributed by atoms with E-state index < -0.39 is 18.0 Å². The molecule has 0 saturated heterocycles. The second kappa shape index (κ2) is 5.79. The summed E-state index contributed by atoms with van der Waals surface area (Å²) < 4.78 is 5.03. The molecule has 106 valence electrons. The van der Waals surface area contributed by atoms with E-state index in [4.69, 9.17) is 26.3 Å². The maximum atomic E-state index is 11.9. The number of oxime groups is 1. The van der Waals surface area contributed by atoms with Gasteiger partial charge in [0.2, 0.25) is 6.10 Å². The number of hydrogen-bond donors (Lipinski definition) is 2. The number of carbonyl (C=O) groups is 2. The fourth-order valence-corrected chi connectivity index (χ4v) is 1.80. The quantitative estimate of drug-likeness (QED) is 0.878. The lowest BCUT2D eigenvalue weighted by Crippen LogP contribution is -2.28. The monoisotopic (exact) mass is 298 g/mol. The Kier molecular flexibility index (Phi) is 4.09. The van der Waals surface area contributed by atoms with Crippen LogP contribution >= 0.6 is 11.6 Å². The Morgan fingerprint density at radius 3 is 2.90 bits per heavy atom. The van der Waals surface area contributed by atoms with Gasteiger partial charge >= 0.3 is 5.97 Å². The number of carbonyl (C=O) groups excluding carboxylic acids is 1. The van der Waals surface area contributed by atoms with Gasteiger partial charge in [0.1, 0.15) is 5.75 Å². The molecular formula is C12H11ClN2O5. The van der Waals surface area contributed by atoms with Crippen LogP contribution in [0.15, 0.2) is 23.4 Å². The molecule has 1 unspecified atom stereocenters. The summed E-state index contributed by atoms with van der Waals surface area (Å²) in [6.07, 6.45) is -1.03. The van der Waals surface area contributed by atoms with Crippen molar-refractivity contribution in [2.45, 2.75) is 12.5 Å². The van der Waals surface area contributed by atoms with Gasteiger partial charge in [0, 0.05) is 18.2 Å². The number of nitrogens with zero attached hydrogens (tertiary/aromatic N) is 1. The van der Waals surface area contributed by atoms with E-state index in [1.807, 2.05) is 0 Å². The molecule has 0 saturated carbocycles. The largest absolute Gasteiger partial charge is 0.495 e. The van der Waals surface area contributed by atoms with E-state index in [0.29, 0.717) is 16.5 Å². The number of rotatable bonds is 4. The normalized spacial score (nSPS) is 17.1. The van der Waals surface area contributed by atoms with Crippen LogP contribution in [0.5, 0.6) is 5.75 Å². The highest BCUT2D eigenvalue weighted by Crippen LogP contribution is 2.27. The van der Waals surface area contributed by atoms with Crippen LogP contribution in [0, 0.1) is 0 Å². The van der Waals surface area contributed by atoms with Gasteiger partial charge < -0.3 is 20.0 Å².